The predicted molar refractivity (Wildman–Crippen MR) is 134 cm³/mol. The van der Waals surface area contributed by atoms with Gasteiger partial charge in [-0.3, -0.25) is 24.6 Å². The Balaban J connectivity index is 1.16. The molecule has 1 saturated carbocycles. The molecular weight excluding hydrogens is 474 g/mol. The molecule has 9 heteroatoms. The molecule has 1 N–H and O–H groups in total. The van der Waals surface area contributed by atoms with E-state index in [9.17, 15) is 14.4 Å². The lowest BCUT2D eigenvalue weighted by molar-refractivity contribution is -0.151. The van der Waals surface area contributed by atoms with Crippen LogP contribution in [0, 0.1) is 10.8 Å². The number of carbonyl (C=O) groups excluding carboxylic acids is 3. The van der Waals surface area contributed by atoms with Gasteiger partial charge in [0.2, 0.25) is 11.8 Å². The molecule has 3 amide bonds. The zero-order valence-corrected chi connectivity index (χ0v) is 21.8. The number of rotatable bonds is 8. The quantitative estimate of drug-likeness (QED) is 0.534. The lowest BCUT2D eigenvalue weighted by Gasteiger charge is -2.49. The van der Waals surface area contributed by atoms with Gasteiger partial charge in [-0.15, -0.1) is 0 Å². The average Bonchev–Trinajstić information content (AvgIpc) is 3.41. The standard InChI is InChI=1S/C28H37N3O6/c1-27(14-35-15-27)12-30(13-28(2)16-36-17-28)21-4-3-5-23(21)37-19-6-7-20-18(10-19)11-31(26(20)34)22-8-9-24(32)29-25(22)33/h6-7,10,21-23H,3-5,8-9,11-17H2,1-2H3,(H,29,32,33)/t21-,22?,23+/m0/s1. The molecule has 6 rings (SSSR count). The molecule has 5 aliphatic rings. The minimum atomic E-state index is -0.608. The number of imide groups is 1. The number of piperidine rings is 1. The van der Waals surface area contributed by atoms with Gasteiger partial charge in [-0.2, -0.15) is 0 Å². The monoisotopic (exact) mass is 511 g/mol. The second kappa shape index (κ2) is 9.36. The number of carbonyl (C=O) groups is 3. The van der Waals surface area contributed by atoms with Crippen molar-refractivity contribution in [1.82, 2.24) is 15.1 Å². The first kappa shape index (κ1) is 24.8. The summed E-state index contributed by atoms with van der Waals surface area (Å²) in [6.07, 6.45) is 3.92. The van der Waals surface area contributed by atoms with Crippen molar-refractivity contribution in [2.75, 3.05) is 39.5 Å². The van der Waals surface area contributed by atoms with Crippen LogP contribution in [0.3, 0.4) is 0 Å². The molecule has 9 nitrogen and oxygen atoms in total. The van der Waals surface area contributed by atoms with Gasteiger partial charge in [0.15, 0.2) is 0 Å². The molecular formula is C28H37N3O6. The number of hydrogen-bond donors (Lipinski definition) is 1. The molecule has 1 aromatic rings. The van der Waals surface area contributed by atoms with Crippen molar-refractivity contribution in [1.29, 1.82) is 0 Å². The molecule has 4 fully saturated rings. The highest BCUT2D eigenvalue weighted by Crippen LogP contribution is 2.38. The molecule has 3 saturated heterocycles. The van der Waals surface area contributed by atoms with Crippen molar-refractivity contribution in [3.63, 3.8) is 0 Å². The molecule has 0 radical (unpaired) electrons. The molecule has 3 atom stereocenters. The normalized spacial score (nSPS) is 30.1. The van der Waals surface area contributed by atoms with Crippen LogP contribution in [0.4, 0.5) is 0 Å². The summed E-state index contributed by atoms with van der Waals surface area (Å²) in [6, 6.07) is 5.38. The zero-order chi connectivity index (χ0) is 25.8. The summed E-state index contributed by atoms with van der Waals surface area (Å²) in [5.41, 5.74) is 1.84. The molecule has 1 aliphatic carbocycles. The minimum Gasteiger partial charge on any atom is -0.489 e. The van der Waals surface area contributed by atoms with Gasteiger partial charge in [-0.05, 0) is 49.4 Å². The highest BCUT2D eigenvalue weighted by molar-refractivity contribution is 6.05. The number of nitrogens with one attached hydrogen (secondary N) is 1. The molecule has 4 heterocycles. The zero-order valence-electron chi connectivity index (χ0n) is 21.8. The van der Waals surface area contributed by atoms with Crippen LogP contribution < -0.4 is 10.1 Å². The van der Waals surface area contributed by atoms with Crippen LogP contribution in [0.25, 0.3) is 0 Å². The van der Waals surface area contributed by atoms with Crippen LogP contribution in [0.15, 0.2) is 18.2 Å². The van der Waals surface area contributed by atoms with Gasteiger partial charge < -0.3 is 19.1 Å². The van der Waals surface area contributed by atoms with Crippen molar-refractivity contribution in [2.45, 2.75) is 70.7 Å². The summed E-state index contributed by atoms with van der Waals surface area (Å²) in [4.78, 5) is 41.2. The van der Waals surface area contributed by atoms with Gasteiger partial charge in [0.25, 0.3) is 5.91 Å². The van der Waals surface area contributed by atoms with Crippen molar-refractivity contribution >= 4 is 17.7 Å². The van der Waals surface area contributed by atoms with E-state index in [2.05, 4.69) is 24.1 Å². The Morgan fingerprint density at radius 3 is 2.35 bits per heavy atom. The van der Waals surface area contributed by atoms with E-state index in [0.717, 1.165) is 70.1 Å². The fraction of sp³-hybridized carbons (Fsp3) is 0.679. The molecule has 0 bridgehead atoms. The molecule has 0 aromatic heterocycles. The van der Waals surface area contributed by atoms with E-state index in [1.165, 1.54) is 0 Å². The Kier molecular flexibility index (Phi) is 6.28. The number of ether oxygens (including phenoxy) is 3. The summed E-state index contributed by atoms with van der Waals surface area (Å²) in [5, 5.41) is 2.36. The summed E-state index contributed by atoms with van der Waals surface area (Å²) >= 11 is 0. The minimum absolute atomic E-state index is 0.0792. The second-order valence-electron chi connectivity index (χ2n) is 12.4. The van der Waals surface area contributed by atoms with Gasteiger partial charge in [0, 0.05) is 48.5 Å². The van der Waals surface area contributed by atoms with Crippen molar-refractivity contribution in [2.24, 2.45) is 10.8 Å². The van der Waals surface area contributed by atoms with Crippen LogP contribution in [0.5, 0.6) is 5.75 Å². The van der Waals surface area contributed by atoms with E-state index in [1.54, 1.807) is 4.90 Å². The summed E-state index contributed by atoms with van der Waals surface area (Å²) in [5.74, 6) is -0.0596. The topological polar surface area (TPSA) is 97.4 Å². The van der Waals surface area contributed by atoms with E-state index >= 15 is 0 Å². The van der Waals surface area contributed by atoms with E-state index in [4.69, 9.17) is 14.2 Å². The fourth-order valence-corrected chi connectivity index (χ4v) is 6.62. The highest BCUT2D eigenvalue weighted by atomic mass is 16.5. The first-order chi connectivity index (χ1) is 17.7. The van der Waals surface area contributed by atoms with Crippen LogP contribution in [-0.2, 0) is 25.6 Å². The van der Waals surface area contributed by atoms with Crippen molar-refractivity contribution in [3.8, 4) is 5.75 Å². The molecule has 4 aliphatic heterocycles. The summed E-state index contributed by atoms with van der Waals surface area (Å²) in [7, 11) is 0. The predicted octanol–water partition coefficient (Wildman–Crippen LogP) is 2.12. The lowest BCUT2D eigenvalue weighted by atomic mass is 9.83. The lowest BCUT2D eigenvalue weighted by Crippen LogP contribution is -2.58. The van der Waals surface area contributed by atoms with Crippen molar-refractivity contribution < 1.29 is 28.6 Å². The molecule has 0 spiro atoms. The molecule has 200 valence electrons. The Labute approximate surface area is 217 Å². The average molecular weight is 512 g/mol. The van der Waals surface area contributed by atoms with Gasteiger partial charge in [-0.25, -0.2) is 0 Å². The van der Waals surface area contributed by atoms with Gasteiger partial charge in [0.1, 0.15) is 17.9 Å². The maximum Gasteiger partial charge on any atom is 0.255 e. The number of hydrogen-bond acceptors (Lipinski definition) is 7. The van der Waals surface area contributed by atoms with Crippen LogP contribution >= 0.6 is 0 Å². The first-order valence-corrected chi connectivity index (χ1v) is 13.6. The fourth-order valence-electron chi connectivity index (χ4n) is 6.62. The SMILES string of the molecule is CC1(CN(CC2(C)COC2)[C@H]2CCC[C@H]2Oc2ccc3c(c2)CN(C2CCC(=O)NC2=O)C3=O)COC1. The van der Waals surface area contributed by atoms with E-state index < -0.39 is 6.04 Å². The van der Waals surface area contributed by atoms with Crippen LogP contribution in [0.1, 0.15) is 61.9 Å². The first-order valence-electron chi connectivity index (χ1n) is 13.6. The number of fused-ring (bicyclic) bond motifs is 1. The molecule has 37 heavy (non-hydrogen) atoms. The largest absolute Gasteiger partial charge is 0.489 e. The van der Waals surface area contributed by atoms with E-state index in [0.29, 0.717) is 24.6 Å². The number of benzene rings is 1. The maximum atomic E-state index is 13.0. The highest BCUT2D eigenvalue weighted by Gasteiger charge is 2.45. The third kappa shape index (κ3) is 4.77. The second-order valence-corrected chi connectivity index (χ2v) is 12.4. The van der Waals surface area contributed by atoms with Gasteiger partial charge >= 0.3 is 0 Å². The van der Waals surface area contributed by atoms with E-state index in [1.807, 2.05) is 18.2 Å². The molecule has 1 unspecified atom stereocenters. The number of nitrogens with zero attached hydrogens (tertiary/aromatic N) is 2. The Hall–Kier alpha value is -2.49. The van der Waals surface area contributed by atoms with Crippen molar-refractivity contribution in [3.05, 3.63) is 29.3 Å². The Morgan fingerprint density at radius 1 is 1.03 bits per heavy atom. The third-order valence-corrected chi connectivity index (χ3v) is 8.64. The van der Waals surface area contributed by atoms with Crippen LogP contribution in [0.2, 0.25) is 0 Å². The Bertz CT molecular complexity index is 1080. The Morgan fingerprint density at radius 2 is 1.73 bits per heavy atom. The summed E-state index contributed by atoms with van der Waals surface area (Å²) in [6.45, 7) is 10.2. The summed E-state index contributed by atoms with van der Waals surface area (Å²) < 4.78 is 17.7. The third-order valence-electron chi connectivity index (χ3n) is 8.64. The van der Waals surface area contributed by atoms with Gasteiger partial charge in [0.05, 0.1) is 26.4 Å². The maximum absolute atomic E-state index is 13.0. The van der Waals surface area contributed by atoms with Crippen LogP contribution in [-0.4, -0.2) is 85.2 Å². The molecule has 1 aromatic carbocycles. The van der Waals surface area contributed by atoms with E-state index in [-0.39, 0.29) is 41.1 Å². The number of amides is 3. The van der Waals surface area contributed by atoms with Gasteiger partial charge in [-0.1, -0.05) is 13.8 Å². The smallest absolute Gasteiger partial charge is 0.255 e.